The Hall–Kier alpha value is -8.80. The van der Waals surface area contributed by atoms with E-state index in [1.807, 2.05) is 22.7 Å². The first-order valence-corrected chi connectivity index (χ1v) is 26.1. The van der Waals surface area contributed by atoms with Crippen LogP contribution in [-0.4, -0.2) is 9.13 Å². The Morgan fingerprint density at radius 2 is 0.514 bits per heavy atom. The zero-order valence-electron chi connectivity index (χ0n) is 39.1. The molecule has 0 amide bonds. The first-order valence-electron chi connectivity index (χ1n) is 24.5. The molecule has 14 rings (SSSR count). The van der Waals surface area contributed by atoms with Crippen molar-refractivity contribution in [2.24, 2.45) is 0 Å². The topological polar surface area (TPSA) is 9.86 Å². The summed E-state index contributed by atoms with van der Waals surface area (Å²) in [7, 11) is 0. The van der Waals surface area contributed by atoms with Crippen molar-refractivity contribution in [1.82, 2.24) is 9.13 Å². The summed E-state index contributed by atoms with van der Waals surface area (Å²) in [6.45, 7) is 0. The molecular formula is C68H44N2S2. The average Bonchev–Trinajstić information content (AvgIpc) is 4.28. The molecule has 0 fully saturated rings. The molecule has 0 N–H and O–H groups in total. The van der Waals surface area contributed by atoms with Gasteiger partial charge in [-0.2, -0.15) is 0 Å². The van der Waals surface area contributed by atoms with Crippen LogP contribution in [0.15, 0.2) is 267 Å². The van der Waals surface area contributed by atoms with Crippen LogP contribution in [-0.2, 0) is 0 Å². The Balaban J connectivity index is 0.702. The molecule has 0 spiro atoms. The minimum absolute atomic E-state index is 1.16. The summed E-state index contributed by atoms with van der Waals surface area (Å²) in [4.78, 5) is 5.12. The molecule has 4 heteroatoms. The lowest BCUT2D eigenvalue weighted by atomic mass is 10.0. The van der Waals surface area contributed by atoms with E-state index >= 15 is 0 Å². The van der Waals surface area contributed by atoms with Gasteiger partial charge >= 0.3 is 0 Å². The fourth-order valence-electron chi connectivity index (χ4n) is 10.7. The molecule has 0 aliphatic carbocycles. The molecule has 0 radical (unpaired) electrons. The maximum atomic E-state index is 2.40. The van der Waals surface area contributed by atoms with Crippen molar-refractivity contribution in [2.45, 2.75) is 0 Å². The van der Waals surface area contributed by atoms with Crippen LogP contribution in [0.5, 0.6) is 0 Å². The highest BCUT2D eigenvalue weighted by Crippen LogP contribution is 2.43. The number of rotatable bonds is 9. The third-order valence-electron chi connectivity index (χ3n) is 14.2. The number of hydrogen-bond donors (Lipinski definition) is 0. The molecule has 0 unspecified atom stereocenters. The van der Waals surface area contributed by atoms with Gasteiger partial charge in [-0.3, -0.25) is 0 Å². The molecule has 2 nitrogen and oxygen atoms in total. The van der Waals surface area contributed by atoms with E-state index < -0.39 is 0 Å². The molecule has 0 atom stereocenters. The number of para-hydroxylation sites is 2. The van der Waals surface area contributed by atoms with Crippen LogP contribution in [0.3, 0.4) is 0 Å². The van der Waals surface area contributed by atoms with Crippen molar-refractivity contribution < 1.29 is 0 Å². The lowest BCUT2D eigenvalue weighted by Crippen LogP contribution is -1.94. The Bertz CT molecular complexity index is 4020. The second-order valence-corrected chi connectivity index (χ2v) is 20.7. The van der Waals surface area contributed by atoms with Gasteiger partial charge in [0.2, 0.25) is 0 Å². The Kier molecular flexibility index (Phi) is 10.3. The highest BCUT2D eigenvalue weighted by Gasteiger charge is 2.17. The molecule has 0 aliphatic rings. The highest BCUT2D eigenvalue weighted by molar-refractivity contribution is 7.25. The van der Waals surface area contributed by atoms with E-state index in [0.29, 0.717) is 0 Å². The standard InChI is InChI=1S/C68H44N2S2/c1-3-13-45(14-4-1)51-17-11-19-55(41-51)69-61-23-9-7-21-57(61)59-43-53(33-35-63(59)69)47-25-29-49(30-26-47)65-37-39-67(71-65)68-40-38-66(72-68)50-31-27-48(28-32-50)54-34-36-64-60(44-54)58-22-8-10-24-62(58)70(64)56-20-12-18-52(42-56)46-15-5-2-6-16-46/h1-44H. The van der Waals surface area contributed by atoms with E-state index in [4.69, 9.17) is 0 Å². The number of benzene rings is 10. The van der Waals surface area contributed by atoms with Gasteiger partial charge in [0.05, 0.1) is 22.1 Å². The zero-order valence-corrected chi connectivity index (χ0v) is 40.7. The molecular weight excluding hydrogens is 909 g/mol. The van der Waals surface area contributed by atoms with Crippen molar-refractivity contribution in [3.63, 3.8) is 0 Å². The second kappa shape index (κ2) is 17.6. The molecule has 338 valence electrons. The monoisotopic (exact) mass is 952 g/mol. The fraction of sp³-hybridized carbons (Fsp3) is 0. The van der Waals surface area contributed by atoms with Gasteiger partial charge < -0.3 is 9.13 Å². The molecule has 10 aromatic carbocycles. The van der Waals surface area contributed by atoms with Gasteiger partial charge in [0, 0.05) is 52.4 Å². The number of hydrogen-bond acceptors (Lipinski definition) is 2. The van der Waals surface area contributed by atoms with Crippen LogP contribution in [0, 0.1) is 0 Å². The summed E-state index contributed by atoms with van der Waals surface area (Å²) in [6, 6.07) is 97.7. The van der Waals surface area contributed by atoms with Crippen LogP contribution >= 0.6 is 22.7 Å². The van der Waals surface area contributed by atoms with Crippen LogP contribution in [0.4, 0.5) is 0 Å². The number of nitrogens with zero attached hydrogens (tertiary/aromatic N) is 2. The number of thiophene rings is 2. The van der Waals surface area contributed by atoms with Gasteiger partial charge in [0.15, 0.2) is 0 Å². The summed E-state index contributed by atoms with van der Waals surface area (Å²) in [5.41, 5.74) is 19.3. The van der Waals surface area contributed by atoms with Gasteiger partial charge in [-0.25, -0.2) is 0 Å². The van der Waals surface area contributed by atoms with Crippen molar-refractivity contribution in [3.8, 4) is 86.5 Å². The van der Waals surface area contributed by atoms with Crippen LogP contribution < -0.4 is 0 Å². The number of fused-ring (bicyclic) bond motifs is 6. The summed E-state index contributed by atoms with van der Waals surface area (Å²) in [5, 5.41) is 5.02. The first kappa shape index (κ1) is 42.1. The lowest BCUT2D eigenvalue weighted by Gasteiger charge is -2.11. The second-order valence-electron chi connectivity index (χ2n) is 18.5. The van der Waals surface area contributed by atoms with E-state index in [0.717, 1.165) is 11.4 Å². The molecule has 0 aliphatic heterocycles. The summed E-state index contributed by atoms with van der Waals surface area (Å²) in [6.07, 6.45) is 0. The molecule has 0 saturated heterocycles. The van der Waals surface area contributed by atoms with Gasteiger partial charge in [-0.15, -0.1) is 22.7 Å². The van der Waals surface area contributed by atoms with E-state index in [2.05, 4.69) is 276 Å². The Morgan fingerprint density at radius 1 is 0.194 bits per heavy atom. The summed E-state index contributed by atoms with van der Waals surface area (Å²) >= 11 is 3.72. The molecule has 4 aromatic heterocycles. The van der Waals surface area contributed by atoms with Crippen molar-refractivity contribution in [2.75, 3.05) is 0 Å². The largest absolute Gasteiger partial charge is 0.309 e. The minimum atomic E-state index is 1.16. The third kappa shape index (κ3) is 7.39. The van der Waals surface area contributed by atoms with Crippen LogP contribution in [0.25, 0.3) is 130 Å². The van der Waals surface area contributed by atoms with Gasteiger partial charge in [0.25, 0.3) is 0 Å². The van der Waals surface area contributed by atoms with E-state index in [1.54, 1.807) is 0 Å². The van der Waals surface area contributed by atoms with Crippen molar-refractivity contribution in [3.05, 3.63) is 267 Å². The van der Waals surface area contributed by atoms with Crippen LogP contribution in [0.1, 0.15) is 0 Å². The predicted molar refractivity (Wildman–Crippen MR) is 309 cm³/mol. The van der Waals surface area contributed by atoms with Gasteiger partial charge in [-0.1, -0.05) is 182 Å². The van der Waals surface area contributed by atoms with E-state index in [9.17, 15) is 0 Å². The van der Waals surface area contributed by atoms with Gasteiger partial charge in [-0.05, 0) is 141 Å². The van der Waals surface area contributed by atoms with Gasteiger partial charge in [0.1, 0.15) is 0 Å². The quantitative estimate of drug-likeness (QED) is 0.136. The van der Waals surface area contributed by atoms with Crippen LogP contribution in [0.2, 0.25) is 0 Å². The summed E-state index contributed by atoms with van der Waals surface area (Å²) in [5.74, 6) is 0. The Morgan fingerprint density at radius 3 is 0.958 bits per heavy atom. The minimum Gasteiger partial charge on any atom is -0.309 e. The SMILES string of the molecule is c1ccc(-c2cccc(-n3c4ccccc4c4cc(-c5ccc(-c6ccc(-c7ccc(-c8ccc(-c9ccc%10c(c9)c9ccccc9n%10-c9cccc(-c%10ccccc%10)c9)cc8)s7)s6)cc5)ccc43)c2)cc1. The van der Waals surface area contributed by atoms with E-state index in [1.165, 1.54) is 119 Å². The smallest absolute Gasteiger partial charge is 0.0541 e. The molecule has 14 aromatic rings. The summed E-state index contributed by atoms with van der Waals surface area (Å²) < 4.78 is 4.81. The molecule has 4 heterocycles. The third-order valence-corrected chi connectivity index (χ3v) is 16.7. The molecule has 0 saturated carbocycles. The molecule has 72 heavy (non-hydrogen) atoms. The van der Waals surface area contributed by atoms with Crippen molar-refractivity contribution in [1.29, 1.82) is 0 Å². The number of aromatic nitrogens is 2. The normalized spacial score (nSPS) is 11.6. The maximum absolute atomic E-state index is 2.40. The van der Waals surface area contributed by atoms with E-state index in [-0.39, 0.29) is 0 Å². The maximum Gasteiger partial charge on any atom is 0.0541 e. The lowest BCUT2D eigenvalue weighted by molar-refractivity contribution is 1.18. The fourth-order valence-corrected chi connectivity index (χ4v) is 12.8. The Labute approximate surface area is 426 Å². The predicted octanol–water partition coefficient (Wildman–Crippen LogP) is 19.7. The molecule has 0 bridgehead atoms. The van der Waals surface area contributed by atoms with Crippen molar-refractivity contribution >= 4 is 66.3 Å². The zero-order chi connectivity index (χ0) is 47.5. The highest BCUT2D eigenvalue weighted by atomic mass is 32.1. The average molecular weight is 953 g/mol. The first-order chi connectivity index (χ1) is 35.7.